The number of likely N-dealkylation sites (N-methyl/N-ethyl adjacent to an activating group) is 1. The van der Waals surface area contributed by atoms with Gasteiger partial charge in [-0.1, -0.05) is 33.1 Å². The number of rotatable bonds is 8. The van der Waals surface area contributed by atoms with Gasteiger partial charge >= 0.3 is 0 Å². The molecule has 0 aliphatic heterocycles. The Morgan fingerprint density at radius 1 is 1.33 bits per heavy atom. The van der Waals surface area contributed by atoms with Crippen LogP contribution in [0.3, 0.4) is 0 Å². The highest BCUT2D eigenvalue weighted by Crippen LogP contribution is 2.37. The van der Waals surface area contributed by atoms with Crippen molar-refractivity contribution >= 4 is 0 Å². The van der Waals surface area contributed by atoms with Crippen molar-refractivity contribution in [2.45, 2.75) is 58.4 Å². The third-order valence-electron chi connectivity index (χ3n) is 4.64. The van der Waals surface area contributed by atoms with E-state index >= 15 is 0 Å². The summed E-state index contributed by atoms with van der Waals surface area (Å²) in [6.45, 7) is 11.2. The largest absolute Gasteiger partial charge is 0.380 e. The average Bonchev–Trinajstić information content (AvgIpc) is 2.43. The summed E-state index contributed by atoms with van der Waals surface area (Å²) in [5, 5.41) is 0. The van der Waals surface area contributed by atoms with Crippen LogP contribution in [0.4, 0.5) is 0 Å². The van der Waals surface area contributed by atoms with Gasteiger partial charge in [-0.15, -0.1) is 0 Å². The Hall–Kier alpha value is -0.120. The normalized spacial score (nSPS) is 28.8. The Kier molecular flexibility index (Phi) is 7.20. The van der Waals surface area contributed by atoms with E-state index in [1.165, 1.54) is 32.1 Å². The van der Waals surface area contributed by atoms with Crippen molar-refractivity contribution in [2.75, 3.05) is 32.8 Å². The summed E-state index contributed by atoms with van der Waals surface area (Å²) >= 11 is 0. The van der Waals surface area contributed by atoms with Gasteiger partial charge in [-0.25, -0.2) is 0 Å². The summed E-state index contributed by atoms with van der Waals surface area (Å²) in [5.41, 5.74) is 6.39. The van der Waals surface area contributed by atoms with Crippen LogP contribution in [0.5, 0.6) is 0 Å². The Bertz CT molecular complexity index is 223. The van der Waals surface area contributed by atoms with Gasteiger partial charge in [0.2, 0.25) is 0 Å². The van der Waals surface area contributed by atoms with Crippen LogP contribution in [0.2, 0.25) is 0 Å². The van der Waals surface area contributed by atoms with Crippen LogP contribution >= 0.6 is 0 Å². The van der Waals surface area contributed by atoms with E-state index in [2.05, 4.69) is 25.7 Å². The SMILES string of the molecule is CCOCCN(CC)C1(CN)CCCC(CC)C1. The monoisotopic (exact) mass is 256 g/mol. The van der Waals surface area contributed by atoms with Crippen molar-refractivity contribution < 1.29 is 4.74 Å². The molecule has 1 aliphatic carbocycles. The lowest BCUT2D eigenvalue weighted by molar-refractivity contribution is 0.0141. The third kappa shape index (κ3) is 3.94. The number of hydrogen-bond donors (Lipinski definition) is 1. The summed E-state index contributed by atoms with van der Waals surface area (Å²) in [6, 6.07) is 0. The summed E-state index contributed by atoms with van der Waals surface area (Å²) in [6.07, 6.45) is 6.56. The van der Waals surface area contributed by atoms with Crippen LogP contribution in [-0.4, -0.2) is 43.3 Å². The van der Waals surface area contributed by atoms with Crippen LogP contribution in [0.1, 0.15) is 52.9 Å². The molecule has 1 fully saturated rings. The molecule has 0 bridgehead atoms. The molecule has 0 aromatic rings. The fourth-order valence-corrected chi connectivity index (χ4v) is 3.46. The quantitative estimate of drug-likeness (QED) is 0.679. The van der Waals surface area contributed by atoms with E-state index in [0.717, 1.165) is 38.8 Å². The summed E-state index contributed by atoms with van der Waals surface area (Å²) in [4.78, 5) is 2.57. The zero-order valence-corrected chi connectivity index (χ0v) is 12.6. The molecule has 2 unspecified atom stereocenters. The first-order valence-corrected chi connectivity index (χ1v) is 7.75. The van der Waals surface area contributed by atoms with E-state index in [-0.39, 0.29) is 5.54 Å². The van der Waals surface area contributed by atoms with Crippen molar-refractivity contribution in [3.63, 3.8) is 0 Å². The zero-order valence-electron chi connectivity index (χ0n) is 12.6. The average molecular weight is 256 g/mol. The lowest BCUT2D eigenvalue weighted by Gasteiger charge is -2.48. The predicted octanol–water partition coefficient (Wildman–Crippen LogP) is 2.64. The topological polar surface area (TPSA) is 38.5 Å². The van der Waals surface area contributed by atoms with Crippen LogP contribution in [0, 0.1) is 5.92 Å². The lowest BCUT2D eigenvalue weighted by atomic mass is 9.73. The third-order valence-corrected chi connectivity index (χ3v) is 4.64. The van der Waals surface area contributed by atoms with Crippen molar-refractivity contribution in [2.24, 2.45) is 11.7 Å². The van der Waals surface area contributed by atoms with Crippen LogP contribution in [-0.2, 0) is 4.74 Å². The summed E-state index contributed by atoms with van der Waals surface area (Å²) < 4.78 is 5.52. The molecule has 0 spiro atoms. The molecule has 0 amide bonds. The molecule has 0 saturated heterocycles. The van der Waals surface area contributed by atoms with Gasteiger partial charge in [-0.3, -0.25) is 4.90 Å². The molecule has 1 rings (SSSR count). The maximum atomic E-state index is 6.15. The van der Waals surface area contributed by atoms with Crippen LogP contribution < -0.4 is 5.73 Å². The summed E-state index contributed by atoms with van der Waals surface area (Å²) in [5.74, 6) is 0.864. The van der Waals surface area contributed by atoms with Gasteiger partial charge in [-0.05, 0) is 32.2 Å². The second-order valence-corrected chi connectivity index (χ2v) is 5.58. The number of nitrogens with two attached hydrogens (primary N) is 1. The fourth-order valence-electron chi connectivity index (χ4n) is 3.46. The van der Waals surface area contributed by atoms with Gasteiger partial charge in [0.25, 0.3) is 0 Å². The van der Waals surface area contributed by atoms with E-state index < -0.39 is 0 Å². The predicted molar refractivity (Wildman–Crippen MR) is 77.8 cm³/mol. The molecule has 0 aromatic carbocycles. The fraction of sp³-hybridized carbons (Fsp3) is 1.00. The van der Waals surface area contributed by atoms with Gasteiger partial charge < -0.3 is 10.5 Å². The van der Waals surface area contributed by atoms with Gasteiger partial charge in [-0.2, -0.15) is 0 Å². The van der Waals surface area contributed by atoms with Gasteiger partial charge in [0, 0.05) is 25.2 Å². The first-order chi connectivity index (χ1) is 8.72. The minimum atomic E-state index is 0.241. The molecule has 108 valence electrons. The maximum absolute atomic E-state index is 6.15. The smallest absolute Gasteiger partial charge is 0.0593 e. The van der Waals surface area contributed by atoms with Gasteiger partial charge in [0.05, 0.1) is 6.61 Å². The van der Waals surface area contributed by atoms with E-state index in [4.69, 9.17) is 10.5 Å². The molecule has 3 heteroatoms. The standard InChI is InChI=1S/C15H32N2O/c1-4-14-8-7-9-15(12-14,13-16)17(5-2)10-11-18-6-3/h14H,4-13,16H2,1-3H3. The van der Waals surface area contributed by atoms with Crippen molar-refractivity contribution in [3.05, 3.63) is 0 Å². The van der Waals surface area contributed by atoms with Gasteiger partial charge in [0.1, 0.15) is 0 Å². The highest BCUT2D eigenvalue weighted by Gasteiger charge is 2.38. The van der Waals surface area contributed by atoms with Crippen LogP contribution in [0.15, 0.2) is 0 Å². The van der Waals surface area contributed by atoms with E-state index in [0.29, 0.717) is 0 Å². The molecule has 0 aromatic heterocycles. The van der Waals surface area contributed by atoms with E-state index in [9.17, 15) is 0 Å². The Labute approximate surface area is 113 Å². The number of nitrogens with zero attached hydrogens (tertiary/aromatic N) is 1. The van der Waals surface area contributed by atoms with E-state index in [1.54, 1.807) is 0 Å². The van der Waals surface area contributed by atoms with E-state index in [1.807, 2.05) is 0 Å². The molecular weight excluding hydrogens is 224 g/mol. The second-order valence-electron chi connectivity index (χ2n) is 5.58. The van der Waals surface area contributed by atoms with Crippen molar-refractivity contribution in [1.82, 2.24) is 4.90 Å². The number of ether oxygens (including phenoxy) is 1. The first-order valence-electron chi connectivity index (χ1n) is 7.75. The van der Waals surface area contributed by atoms with Crippen LogP contribution in [0.25, 0.3) is 0 Å². The second kappa shape index (κ2) is 8.13. The number of hydrogen-bond acceptors (Lipinski definition) is 3. The highest BCUT2D eigenvalue weighted by molar-refractivity contribution is 4.96. The molecule has 0 heterocycles. The minimum absolute atomic E-state index is 0.241. The first kappa shape index (κ1) is 15.9. The summed E-state index contributed by atoms with van der Waals surface area (Å²) in [7, 11) is 0. The van der Waals surface area contributed by atoms with Crippen molar-refractivity contribution in [1.29, 1.82) is 0 Å². The molecule has 3 nitrogen and oxygen atoms in total. The Morgan fingerprint density at radius 3 is 2.67 bits per heavy atom. The Morgan fingerprint density at radius 2 is 2.11 bits per heavy atom. The highest BCUT2D eigenvalue weighted by atomic mass is 16.5. The molecule has 1 saturated carbocycles. The zero-order chi connectivity index (χ0) is 13.4. The molecule has 18 heavy (non-hydrogen) atoms. The molecule has 0 radical (unpaired) electrons. The van der Waals surface area contributed by atoms with Gasteiger partial charge in [0.15, 0.2) is 0 Å². The maximum Gasteiger partial charge on any atom is 0.0593 e. The molecule has 1 aliphatic rings. The lowest BCUT2D eigenvalue weighted by Crippen LogP contribution is -2.57. The minimum Gasteiger partial charge on any atom is -0.380 e. The molecule has 2 N–H and O–H groups in total. The molecule has 2 atom stereocenters. The van der Waals surface area contributed by atoms with Crippen molar-refractivity contribution in [3.8, 4) is 0 Å². The Balaban J connectivity index is 2.63. The molecular formula is C15H32N2O.